The van der Waals surface area contributed by atoms with Crippen molar-refractivity contribution >= 4 is 23.3 Å². The van der Waals surface area contributed by atoms with E-state index in [0.717, 1.165) is 22.6 Å². The minimum Gasteiger partial charge on any atom is -0.484 e. The van der Waals surface area contributed by atoms with Crippen LogP contribution in [-0.4, -0.2) is 84.3 Å². The summed E-state index contributed by atoms with van der Waals surface area (Å²) in [4.78, 5) is 37.5. The highest BCUT2D eigenvalue weighted by Crippen LogP contribution is 2.39. The molecule has 268 valence electrons. The number of aliphatic hydroxyl groups excluding tert-OH is 2. The van der Waals surface area contributed by atoms with Crippen LogP contribution < -0.4 is 15.4 Å². The molecule has 0 aliphatic heterocycles. The van der Waals surface area contributed by atoms with Gasteiger partial charge in [0.1, 0.15) is 23.5 Å². The van der Waals surface area contributed by atoms with Gasteiger partial charge in [0.25, 0.3) is 0 Å². The molecule has 2 atom stereocenters. The molecule has 50 heavy (non-hydrogen) atoms. The van der Waals surface area contributed by atoms with Crippen molar-refractivity contribution in [2.24, 2.45) is 0 Å². The molecule has 4 aromatic rings. The zero-order valence-corrected chi connectivity index (χ0v) is 29.9. The largest absolute Gasteiger partial charge is 0.484 e. The van der Waals surface area contributed by atoms with Gasteiger partial charge in [0, 0.05) is 36.4 Å². The number of nitrogens with zero attached hydrogens (tertiary/aromatic N) is 6. The summed E-state index contributed by atoms with van der Waals surface area (Å²) < 4.78 is 8.52. The molecule has 5 rings (SSSR count). The summed E-state index contributed by atoms with van der Waals surface area (Å²) in [5, 5.41) is 33.2. The van der Waals surface area contributed by atoms with E-state index >= 15 is 0 Å². The van der Waals surface area contributed by atoms with Crippen molar-refractivity contribution in [2.75, 3.05) is 38.2 Å². The first kappa shape index (κ1) is 36.8. The van der Waals surface area contributed by atoms with Crippen LogP contribution in [0, 0.1) is 0 Å². The first-order chi connectivity index (χ1) is 23.8. The van der Waals surface area contributed by atoms with Gasteiger partial charge in [-0.25, -0.2) is 14.8 Å². The molecule has 0 saturated carbocycles. The fraction of sp³-hybridized carbons (Fsp3) is 0.514. The van der Waals surface area contributed by atoms with E-state index in [1.165, 1.54) is 0 Å². The zero-order chi connectivity index (χ0) is 36.1. The number of hydrogen-bond donors (Lipinski definition) is 4. The van der Waals surface area contributed by atoms with Crippen LogP contribution in [0.1, 0.15) is 113 Å². The van der Waals surface area contributed by atoms with Gasteiger partial charge in [0.15, 0.2) is 17.3 Å². The highest BCUT2D eigenvalue weighted by Gasteiger charge is 2.30. The lowest BCUT2D eigenvalue weighted by Crippen LogP contribution is -2.36. The molecule has 4 N–H and O–H groups in total. The second kappa shape index (κ2) is 15.6. The lowest BCUT2D eigenvalue weighted by atomic mass is 9.85. The van der Waals surface area contributed by atoms with Gasteiger partial charge in [-0.1, -0.05) is 65.8 Å². The van der Waals surface area contributed by atoms with Gasteiger partial charge in [-0.05, 0) is 49.1 Å². The topological polar surface area (TPSA) is 167 Å². The Hall–Kier alpha value is -4.46. The lowest BCUT2D eigenvalue weighted by Gasteiger charge is -2.32. The number of rotatable bonds is 13. The molecular formula is C37H50N8O5. The van der Waals surface area contributed by atoms with E-state index in [1.807, 2.05) is 72.7 Å². The van der Waals surface area contributed by atoms with Gasteiger partial charge >= 0.3 is 6.03 Å². The first-order valence-corrected chi connectivity index (χ1v) is 17.3. The molecule has 1 aromatic carbocycles. The summed E-state index contributed by atoms with van der Waals surface area (Å²) in [6.45, 7) is 13.6. The number of nitrogens with one attached hydrogen (secondary N) is 2. The number of benzene rings is 1. The molecule has 0 saturated heterocycles. The molecule has 1 aliphatic carbocycles. The Balaban J connectivity index is 1.27. The van der Waals surface area contributed by atoms with Crippen LogP contribution in [0.5, 0.6) is 5.75 Å². The van der Waals surface area contributed by atoms with Gasteiger partial charge in [-0.2, -0.15) is 0 Å². The number of fused-ring (bicyclic) bond motifs is 2. The number of ketones is 1. The Morgan fingerprint density at radius 1 is 0.920 bits per heavy atom. The molecule has 3 heterocycles. The molecule has 0 unspecified atom stereocenters. The quantitative estimate of drug-likeness (QED) is 0.138. The molecule has 13 heteroatoms. The van der Waals surface area contributed by atoms with Crippen LogP contribution in [0.3, 0.4) is 0 Å². The Bertz CT molecular complexity index is 1790. The van der Waals surface area contributed by atoms with Crippen LogP contribution in [0.4, 0.5) is 10.6 Å². The van der Waals surface area contributed by atoms with Gasteiger partial charge in [0.2, 0.25) is 0 Å². The number of amides is 2. The first-order valence-electron chi connectivity index (χ1n) is 17.3. The maximum absolute atomic E-state index is 13.4. The smallest absolute Gasteiger partial charge is 0.320 e. The van der Waals surface area contributed by atoms with Crippen molar-refractivity contribution < 1.29 is 24.5 Å². The third-order valence-electron chi connectivity index (χ3n) is 8.76. The number of aliphatic hydroxyl groups is 2. The van der Waals surface area contributed by atoms with Gasteiger partial charge in [0.05, 0.1) is 31.1 Å². The zero-order valence-electron chi connectivity index (χ0n) is 29.9. The van der Waals surface area contributed by atoms with Crippen LogP contribution in [0.2, 0.25) is 0 Å². The summed E-state index contributed by atoms with van der Waals surface area (Å²) >= 11 is 0. The second-order valence-electron chi connectivity index (χ2n) is 14.9. The van der Waals surface area contributed by atoms with E-state index < -0.39 is 11.4 Å². The standard InChI is InChI=1S/C37H50N8O5/c1-36(2,3)30-22-31(40-33(39-30)28(48)12-9-17-44(18-20-46)19-21-47)41-35(49)38-27-14-15-29(26-11-8-7-10-25(26)27)50-24-13-16-32-42-43-34(37(4,5)6)45(32)23-24/h7-8,10-11,13,16,22-23,27,29,46-47H,9,12,14-15,17-21H2,1-6H3,(H2,38,39,40,41,49)/t27-,29+/m0/s1. The molecule has 3 aromatic heterocycles. The van der Waals surface area contributed by atoms with Crippen LogP contribution in [0.15, 0.2) is 48.7 Å². The van der Waals surface area contributed by atoms with E-state index in [-0.39, 0.29) is 54.6 Å². The number of urea groups is 1. The predicted molar refractivity (Wildman–Crippen MR) is 191 cm³/mol. The van der Waals surface area contributed by atoms with Gasteiger partial charge < -0.3 is 20.3 Å². The molecule has 0 bridgehead atoms. The maximum Gasteiger partial charge on any atom is 0.320 e. The number of carbonyl (C=O) groups is 2. The summed E-state index contributed by atoms with van der Waals surface area (Å²) in [7, 11) is 0. The molecule has 0 spiro atoms. The minimum atomic E-state index is -0.433. The molecule has 1 aliphatic rings. The monoisotopic (exact) mass is 686 g/mol. The average Bonchev–Trinajstić information content (AvgIpc) is 3.50. The van der Waals surface area contributed by atoms with Gasteiger partial charge in [-0.15, -0.1) is 10.2 Å². The van der Waals surface area contributed by atoms with E-state index in [0.29, 0.717) is 50.3 Å². The number of aromatic nitrogens is 5. The number of hydrogen-bond acceptors (Lipinski definition) is 10. The van der Waals surface area contributed by atoms with E-state index in [1.54, 1.807) is 6.07 Å². The second-order valence-corrected chi connectivity index (χ2v) is 14.9. The maximum atomic E-state index is 13.4. The van der Waals surface area contributed by atoms with Crippen LogP contribution >= 0.6 is 0 Å². The molecule has 2 amide bonds. The Kier molecular flexibility index (Phi) is 11.5. The third kappa shape index (κ3) is 9.01. The number of pyridine rings is 1. The normalized spacial score (nSPS) is 16.3. The van der Waals surface area contributed by atoms with Crippen LogP contribution in [-0.2, 0) is 10.8 Å². The van der Waals surface area contributed by atoms with Crippen molar-refractivity contribution in [3.63, 3.8) is 0 Å². The van der Waals surface area contributed by atoms with Gasteiger partial charge in [-0.3, -0.25) is 19.4 Å². The van der Waals surface area contributed by atoms with E-state index in [2.05, 4.69) is 51.6 Å². The molecule has 13 nitrogen and oxygen atoms in total. The predicted octanol–water partition coefficient (Wildman–Crippen LogP) is 5.14. The minimum absolute atomic E-state index is 0.0250. The third-order valence-corrected chi connectivity index (χ3v) is 8.76. The van der Waals surface area contributed by atoms with Crippen molar-refractivity contribution in [1.82, 2.24) is 34.8 Å². The van der Waals surface area contributed by atoms with Crippen molar-refractivity contribution in [3.05, 3.63) is 77.1 Å². The fourth-order valence-electron chi connectivity index (χ4n) is 6.16. The van der Waals surface area contributed by atoms with E-state index in [9.17, 15) is 19.8 Å². The summed E-state index contributed by atoms with van der Waals surface area (Å²) in [5.41, 5.74) is 2.80. The molecular weight excluding hydrogens is 636 g/mol. The summed E-state index contributed by atoms with van der Waals surface area (Å²) in [6.07, 6.45) is 3.78. The Labute approximate surface area is 293 Å². The van der Waals surface area contributed by atoms with E-state index in [4.69, 9.17) is 4.74 Å². The lowest BCUT2D eigenvalue weighted by molar-refractivity contribution is 0.0960. The van der Waals surface area contributed by atoms with Crippen molar-refractivity contribution in [1.29, 1.82) is 0 Å². The Morgan fingerprint density at radius 2 is 1.64 bits per heavy atom. The molecule has 0 fully saturated rings. The number of ether oxygens (including phenoxy) is 1. The summed E-state index contributed by atoms with van der Waals surface area (Å²) in [5.74, 6) is 1.62. The van der Waals surface area contributed by atoms with Crippen LogP contribution in [0.25, 0.3) is 5.65 Å². The number of Topliss-reactive ketones (excluding diaryl/α,β-unsaturated/α-hetero) is 1. The average molecular weight is 687 g/mol. The number of carbonyl (C=O) groups excluding carboxylic acids is 2. The summed E-state index contributed by atoms with van der Waals surface area (Å²) in [6, 6.07) is 12.8. The molecule has 0 radical (unpaired) electrons. The van der Waals surface area contributed by atoms with Crippen molar-refractivity contribution in [2.45, 2.75) is 90.2 Å². The van der Waals surface area contributed by atoms with Crippen molar-refractivity contribution in [3.8, 4) is 5.75 Å². The Morgan fingerprint density at radius 3 is 2.32 bits per heavy atom. The number of anilines is 1. The highest BCUT2D eigenvalue weighted by molar-refractivity contribution is 5.94. The SMILES string of the molecule is CC(C)(C)c1cc(NC(=O)N[C@H]2CC[C@@H](Oc3ccc4nnc(C(C)(C)C)n4c3)c3ccccc32)nc(C(=O)CCCN(CCO)CCO)n1. The fourth-order valence-corrected chi connectivity index (χ4v) is 6.16. The highest BCUT2D eigenvalue weighted by atomic mass is 16.5.